The molecule has 2 aliphatic heterocycles. The van der Waals surface area contributed by atoms with Gasteiger partial charge >= 0.3 is 0 Å². The molecule has 7 heteroatoms. The molecule has 1 aliphatic carbocycles. The number of carbonyl (C=O) groups excluding carboxylic acids is 2. The van der Waals surface area contributed by atoms with E-state index in [0.717, 1.165) is 62.7 Å². The van der Waals surface area contributed by atoms with Gasteiger partial charge in [0.1, 0.15) is 5.69 Å². The zero-order chi connectivity index (χ0) is 20.5. The highest BCUT2D eigenvalue weighted by atomic mass is 16.2. The monoisotopic (exact) mass is 399 g/mol. The van der Waals surface area contributed by atoms with Gasteiger partial charge in [0.05, 0.1) is 0 Å². The summed E-state index contributed by atoms with van der Waals surface area (Å²) in [5.41, 5.74) is 8.36. The first kappa shape index (κ1) is 20.1. The van der Waals surface area contributed by atoms with Crippen molar-refractivity contribution in [3.05, 3.63) is 17.0 Å². The third-order valence-electron chi connectivity index (χ3n) is 6.78. The second-order valence-corrected chi connectivity index (χ2v) is 9.24. The summed E-state index contributed by atoms with van der Waals surface area (Å²) >= 11 is 0. The van der Waals surface area contributed by atoms with Crippen molar-refractivity contribution in [1.29, 1.82) is 0 Å². The molecule has 0 radical (unpaired) electrons. The molecule has 2 fully saturated rings. The van der Waals surface area contributed by atoms with E-state index in [1.807, 2.05) is 4.90 Å². The molecule has 7 nitrogen and oxygen atoms in total. The van der Waals surface area contributed by atoms with Gasteiger partial charge in [-0.3, -0.25) is 9.59 Å². The number of aryl methyl sites for hydroxylation is 1. The van der Waals surface area contributed by atoms with Gasteiger partial charge < -0.3 is 15.5 Å². The first-order valence-electron chi connectivity index (χ1n) is 11.2. The van der Waals surface area contributed by atoms with Crippen molar-refractivity contribution in [1.82, 2.24) is 19.8 Å². The van der Waals surface area contributed by atoms with Crippen LogP contribution in [0.4, 0.5) is 5.95 Å². The number of nitrogen functional groups attached to an aromatic ring is 1. The van der Waals surface area contributed by atoms with Crippen molar-refractivity contribution in [3.8, 4) is 0 Å². The van der Waals surface area contributed by atoms with Crippen molar-refractivity contribution >= 4 is 17.8 Å². The van der Waals surface area contributed by atoms with Gasteiger partial charge in [0, 0.05) is 43.4 Å². The van der Waals surface area contributed by atoms with E-state index in [0.29, 0.717) is 37.0 Å². The first-order chi connectivity index (χ1) is 13.9. The number of piperidine rings is 2. The highest BCUT2D eigenvalue weighted by Crippen LogP contribution is 2.33. The molecular weight excluding hydrogens is 366 g/mol. The normalized spacial score (nSPS) is 24.4. The van der Waals surface area contributed by atoms with Gasteiger partial charge in [-0.05, 0) is 56.8 Å². The maximum absolute atomic E-state index is 13.4. The summed E-state index contributed by atoms with van der Waals surface area (Å²) in [6.45, 7) is 6.60. The van der Waals surface area contributed by atoms with Gasteiger partial charge in [-0.1, -0.05) is 13.8 Å². The lowest BCUT2D eigenvalue weighted by molar-refractivity contribution is -0.140. The Morgan fingerprint density at radius 1 is 1.17 bits per heavy atom. The number of amides is 2. The van der Waals surface area contributed by atoms with Gasteiger partial charge in [0.25, 0.3) is 5.91 Å². The largest absolute Gasteiger partial charge is 0.368 e. The lowest BCUT2D eigenvalue weighted by Crippen LogP contribution is -2.57. The summed E-state index contributed by atoms with van der Waals surface area (Å²) < 4.78 is 0. The Morgan fingerprint density at radius 2 is 1.97 bits per heavy atom. The van der Waals surface area contributed by atoms with E-state index in [1.165, 1.54) is 0 Å². The zero-order valence-electron chi connectivity index (χ0n) is 17.7. The van der Waals surface area contributed by atoms with Gasteiger partial charge in [0.15, 0.2) is 0 Å². The molecule has 3 heterocycles. The topological polar surface area (TPSA) is 92.4 Å². The quantitative estimate of drug-likeness (QED) is 0.839. The third kappa shape index (κ3) is 4.09. The fourth-order valence-corrected chi connectivity index (χ4v) is 5.16. The maximum Gasteiger partial charge on any atom is 0.272 e. The average Bonchev–Trinajstić information content (AvgIpc) is 2.71. The first-order valence-corrected chi connectivity index (χ1v) is 11.2. The average molecular weight is 400 g/mol. The molecule has 3 aliphatic rings. The Bertz CT molecular complexity index is 794. The smallest absolute Gasteiger partial charge is 0.272 e. The summed E-state index contributed by atoms with van der Waals surface area (Å²) in [6.07, 6.45) is 7.23. The van der Waals surface area contributed by atoms with Crippen molar-refractivity contribution < 1.29 is 9.59 Å². The van der Waals surface area contributed by atoms with Crippen LogP contribution in [-0.4, -0.2) is 57.3 Å². The predicted molar refractivity (Wildman–Crippen MR) is 111 cm³/mol. The molecule has 2 saturated heterocycles. The van der Waals surface area contributed by atoms with E-state index in [4.69, 9.17) is 5.73 Å². The minimum atomic E-state index is -0.0127. The SMILES string of the molecule is CC(C)CCN1C(=O)CC[C@H]2CN(C(=O)c3nc(N)nc4c3CCCC4)CC[C@H]21. The number of aromatic nitrogens is 2. The van der Waals surface area contributed by atoms with Crippen LogP contribution in [-0.2, 0) is 17.6 Å². The lowest BCUT2D eigenvalue weighted by Gasteiger charge is -2.47. The molecule has 2 N–H and O–H groups in total. The second-order valence-electron chi connectivity index (χ2n) is 9.24. The minimum Gasteiger partial charge on any atom is -0.368 e. The van der Waals surface area contributed by atoms with E-state index in [9.17, 15) is 9.59 Å². The van der Waals surface area contributed by atoms with E-state index in [1.54, 1.807) is 0 Å². The molecule has 0 saturated carbocycles. The molecule has 1 aromatic rings. The van der Waals surface area contributed by atoms with E-state index >= 15 is 0 Å². The third-order valence-corrected chi connectivity index (χ3v) is 6.78. The van der Waals surface area contributed by atoms with Gasteiger partial charge in [0.2, 0.25) is 11.9 Å². The summed E-state index contributed by atoms with van der Waals surface area (Å²) in [4.78, 5) is 38.6. The highest BCUT2D eigenvalue weighted by molar-refractivity contribution is 5.94. The Kier molecular flexibility index (Phi) is 5.74. The van der Waals surface area contributed by atoms with E-state index < -0.39 is 0 Å². The number of nitrogens with two attached hydrogens (primary N) is 1. The van der Waals surface area contributed by atoms with Crippen LogP contribution < -0.4 is 5.73 Å². The molecule has 2 amide bonds. The molecule has 0 spiro atoms. The van der Waals surface area contributed by atoms with Gasteiger partial charge in [-0.15, -0.1) is 0 Å². The number of hydrogen-bond acceptors (Lipinski definition) is 5. The van der Waals surface area contributed by atoms with Crippen molar-refractivity contribution in [2.24, 2.45) is 11.8 Å². The predicted octanol–water partition coefficient (Wildman–Crippen LogP) is 2.44. The van der Waals surface area contributed by atoms with Crippen LogP contribution in [0.5, 0.6) is 0 Å². The summed E-state index contributed by atoms with van der Waals surface area (Å²) in [7, 11) is 0. The molecule has 2 atom stereocenters. The van der Waals surface area contributed by atoms with Crippen molar-refractivity contribution in [2.45, 2.75) is 71.3 Å². The van der Waals surface area contributed by atoms with Crippen LogP contribution in [0.3, 0.4) is 0 Å². The van der Waals surface area contributed by atoms with E-state index in [-0.39, 0.29) is 23.8 Å². The Labute approximate surface area is 173 Å². The number of carbonyl (C=O) groups is 2. The molecule has 0 unspecified atom stereocenters. The Hall–Kier alpha value is -2.18. The molecule has 158 valence electrons. The molecule has 1 aromatic heterocycles. The fraction of sp³-hybridized carbons (Fsp3) is 0.727. The summed E-state index contributed by atoms with van der Waals surface area (Å²) in [6, 6.07) is 0.267. The zero-order valence-corrected chi connectivity index (χ0v) is 17.7. The Balaban J connectivity index is 1.50. The van der Waals surface area contributed by atoms with Crippen LogP contribution in [0.25, 0.3) is 0 Å². The van der Waals surface area contributed by atoms with Gasteiger partial charge in [-0.25, -0.2) is 9.97 Å². The number of fused-ring (bicyclic) bond motifs is 2. The standard InChI is InChI=1S/C22H33N5O2/c1-14(2)9-12-27-18-10-11-26(13-15(18)7-8-19(27)28)21(29)20-16-5-3-4-6-17(16)24-22(23)25-20/h14-15,18H,3-13H2,1-2H3,(H2,23,24,25)/t15-,18+/m0/s1. The van der Waals surface area contributed by atoms with Crippen LogP contribution in [0, 0.1) is 11.8 Å². The van der Waals surface area contributed by atoms with Crippen LogP contribution in [0.15, 0.2) is 0 Å². The number of hydrogen-bond donors (Lipinski definition) is 1. The molecule has 4 rings (SSSR count). The van der Waals surface area contributed by atoms with Crippen molar-refractivity contribution in [3.63, 3.8) is 0 Å². The minimum absolute atomic E-state index is 0.0127. The molecule has 0 bridgehead atoms. The molecular formula is C22H33N5O2. The van der Waals surface area contributed by atoms with Crippen LogP contribution in [0.2, 0.25) is 0 Å². The molecule has 29 heavy (non-hydrogen) atoms. The lowest BCUT2D eigenvalue weighted by atomic mass is 9.83. The highest BCUT2D eigenvalue weighted by Gasteiger charge is 2.41. The second kappa shape index (κ2) is 8.28. The van der Waals surface area contributed by atoms with Crippen LogP contribution >= 0.6 is 0 Å². The van der Waals surface area contributed by atoms with Crippen LogP contribution in [0.1, 0.15) is 74.1 Å². The Morgan fingerprint density at radius 3 is 2.76 bits per heavy atom. The summed E-state index contributed by atoms with van der Waals surface area (Å²) in [5, 5.41) is 0. The fourth-order valence-electron chi connectivity index (χ4n) is 5.16. The number of anilines is 1. The summed E-state index contributed by atoms with van der Waals surface area (Å²) in [5.74, 6) is 1.41. The number of likely N-dealkylation sites (tertiary alicyclic amines) is 2. The van der Waals surface area contributed by atoms with Crippen molar-refractivity contribution in [2.75, 3.05) is 25.4 Å². The number of rotatable bonds is 4. The molecule has 0 aromatic carbocycles. The maximum atomic E-state index is 13.4. The van der Waals surface area contributed by atoms with Gasteiger partial charge in [-0.2, -0.15) is 0 Å². The van der Waals surface area contributed by atoms with E-state index in [2.05, 4.69) is 28.7 Å². The number of nitrogens with zero attached hydrogens (tertiary/aromatic N) is 4.